The van der Waals surface area contributed by atoms with Crippen molar-refractivity contribution in [2.24, 2.45) is 0 Å². The molecule has 0 spiro atoms. The van der Waals surface area contributed by atoms with Gasteiger partial charge in [-0.15, -0.1) is 0 Å². The SMILES string of the molecule is Cc1cnc([C@@H]2COCCN2C(=O)c2cc(F)cc(F)c2)[nH]1. The van der Waals surface area contributed by atoms with Crippen molar-refractivity contribution in [2.45, 2.75) is 13.0 Å². The van der Waals surface area contributed by atoms with Crippen LogP contribution in [0.15, 0.2) is 24.4 Å². The summed E-state index contributed by atoms with van der Waals surface area (Å²) in [6.07, 6.45) is 1.66. The Kier molecular flexibility index (Phi) is 3.89. The lowest BCUT2D eigenvalue weighted by Gasteiger charge is -2.34. The van der Waals surface area contributed by atoms with Crippen molar-refractivity contribution in [2.75, 3.05) is 19.8 Å². The number of hydrogen-bond donors (Lipinski definition) is 1. The Morgan fingerprint density at radius 3 is 2.73 bits per heavy atom. The lowest BCUT2D eigenvalue weighted by molar-refractivity contribution is -0.00505. The molecule has 5 nitrogen and oxygen atoms in total. The van der Waals surface area contributed by atoms with E-state index in [1.54, 1.807) is 6.20 Å². The topological polar surface area (TPSA) is 58.2 Å². The molecule has 3 rings (SSSR count). The van der Waals surface area contributed by atoms with Crippen molar-refractivity contribution >= 4 is 5.91 Å². The summed E-state index contributed by atoms with van der Waals surface area (Å²) in [5, 5.41) is 0. The van der Waals surface area contributed by atoms with E-state index in [2.05, 4.69) is 9.97 Å². The average molecular weight is 307 g/mol. The molecular weight excluding hydrogens is 292 g/mol. The van der Waals surface area contributed by atoms with Gasteiger partial charge in [0.2, 0.25) is 0 Å². The molecule has 1 aliphatic rings. The standard InChI is InChI=1S/C15H15F2N3O2/c1-9-7-18-14(19-9)13-8-22-3-2-20(13)15(21)10-4-11(16)6-12(17)5-10/h4-7,13H,2-3,8H2,1H3,(H,18,19)/t13-/m0/s1. The Morgan fingerprint density at radius 1 is 1.36 bits per heavy atom. The van der Waals surface area contributed by atoms with E-state index in [1.165, 1.54) is 4.90 Å². The fourth-order valence-corrected chi connectivity index (χ4v) is 2.52. The number of halogens is 2. The molecule has 1 aliphatic heterocycles. The summed E-state index contributed by atoms with van der Waals surface area (Å²) < 4.78 is 32.1. The molecule has 0 saturated carbocycles. The van der Waals surface area contributed by atoms with Gasteiger partial charge in [0.25, 0.3) is 5.91 Å². The largest absolute Gasteiger partial charge is 0.377 e. The van der Waals surface area contributed by atoms with Gasteiger partial charge in [0.1, 0.15) is 23.5 Å². The number of aromatic amines is 1. The van der Waals surface area contributed by atoms with Crippen molar-refractivity contribution in [3.63, 3.8) is 0 Å². The number of H-pyrrole nitrogens is 1. The Balaban J connectivity index is 1.91. The van der Waals surface area contributed by atoms with Crippen molar-refractivity contribution in [3.05, 3.63) is 53.1 Å². The number of amides is 1. The summed E-state index contributed by atoms with van der Waals surface area (Å²) in [5.41, 5.74) is 0.845. The fraction of sp³-hybridized carbons (Fsp3) is 0.333. The van der Waals surface area contributed by atoms with Gasteiger partial charge in [-0.3, -0.25) is 4.79 Å². The summed E-state index contributed by atoms with van der Waals surface area (Å²) in [7, 11) is 0. The van der Waals surface area contributed by atoms with Crippen LogP contribution < -0.4 is 0 Å². The number of imidazole rings is 1. The predicted molar refractivity (Wildman–Crippen MR) is 74.3 cm³/mol. The van der Waals surface area contributed by atoms with Crippen molar-refractivity contribution in [1.82, 2.24) is 14.9 Å². The van der Waals surface area contributed by atoms with E-state index in [-0.39, 0.29) is 12.2 Å². The second-order valence-corrected chi connectivity index (χ2v) is 5.20. The van der Waals surface area contributed by atoms with Crippen LogP contribution in [0.25, 0.3) is 0 Å². The monoisotopic (exact) mass is 307 g/mol. The third-order valence-corrected chi connectivity index (χ3v) is 3.54. The number of rotatable bonds is 2. The first-order chi connectivity index (χ1) is 10.5. The molecule has 1 N–H and O–H groups in total. The summed E-state index contributed by atoms with van der Waals surface area (Å²) in [4.78, 5) is 21.4. The predicted octanol–water partition coefficient (Wildman–Crippen LogP) is 2.21. The van der Waals surface area contributed by atoms with Gasteiger partial charge in [0.05, 0.1) is 13.2 Å². The smallest absolute Gasteiger partial charge is 0.254 e. The van der Waals surface area contributed by atoms with E-state index < -0.39 is 23.6 Å². The van der Waals surface area contributed by atoms with Crippen LogP contribution in [-0.2, 0) is 4.74 Å². The minimum Gasteiger partial charge on any atom is -0.377 e. The highest BCUT2D eigenvalue weighted by Gasteiger charge is 2.31. The summed E-state index contributed by atoms with van der Waals surface area (Å²) in [6.45, 7) is 2.85. The van der Waals surface area contributed by atoms with Gasteiger partial charge in [0, 0.05) is 30.1 Å². The number of ether oxygens (including phenoxy) is 1. The number of nitrogens with zero attached hydrogens (tertiary/aromatic N) is 2. The van der Waals surface area contributed by atoms with Gasteiger partial charge >= 0.3 is 0 Å². The number of nitrogens with one attached hydrogen (secondary N) is 1. The molecule has 0 aliphatic carbocycles. The Labute approximate surface area is 125 Å². The quantitative estimate of drug-likeness (QED) is 0.925. The maximum atomic E-state index is 13.3. The molecular formula is C15H15F2N3O2. The third-order valence-electron chi connectivity index (χ3n) is 3.54. The van der Waals surface area contributed by atoms with Crippen LogP contribution in [0.2, 0.25) is 0 Å². The number of hydrogen-bond acceptors (Lipinski definition) is 3. The van der Waals surface area contributed by atoms with E-state index in [0.29, 0.717) is 19.0 Å². The molecule has 1 saturated heterocycles. The van der Waals surface area contributed by atoms with E-state index in [4.69, 9.17) is 4.74 Å². The number of aryl methyl sites for hydroxylation is 1. The molecule has 1 aromatic carbocycles. The van der Waals surface area contributed by atoms with Crippen LogP contribution in [0.1, 0.15) is 27.9 Å². The van der Waals surface area contributed by atoms with Crippen LogP contribution >= 0.6 is 0 Å². The summed E-state index contributed by atoms with van der Waals surface area (Å²) in [5.74, 6) is -1.40. The molecule has 1 aromatic heterocycles. The molecule has 0 radical (unpaired) electrons. The molecule has 0 unspecified atom stereocenters. The zero-order chi connectivity index (χ0) is 15.7. The van der Waals surface area contributed by atoms with Crippen LogP contribution in [0, 0.1) is 18.6 Å². The first-order valence-corrected chi connectivity index (χ1v) is 6.91. The van der Waals surface area contributed by atoms with Gasteiger partial charge in [-0.25, -0.2) is 13.8 Å². The van der Waals surface area contributed by atoms with E-state index in [9.17, 15) is 13.6 Å². The first-order valence-electron chi connectivity index (χ1n) is 6.91. The number of carbonyl (C=O) groups is 1. The van der Waals surface area contributed by atoms with Crippen LogP contribution in [0.3, 0.4) is 0 Å². The van der Waals surface area contributed by atoms with E-state index in [0.717, 1.165) is 23.9 Å². The second-order valence-electron chi connectivity index (χ2n) is 5.20. The second kappa shape index (κ2) is 5.84. The number of carbonyl (C=O) groups excluding carboxylic acids is 1. The summed E-state index contributed by atoms with van der Waals surface area (Å²) in [6, 6.07) is 2.40. The van der Waals surface area contributed by atoms with E-state index >= 15 is 0 Å². The zero-order valence-corrected chi connectivity index (χ0v) is 12.0. The molecule has 1 fully saturated rings. The fourth-order valence-electron chi connectivity index (χ4n) is 2.52. The van der Waals surface area contributed by atoms with Gasteiger partial charge in [-0.1, -0.05) is 0 Å². The molecule has 1 atom stereocenters. The number of morpholine rings is 1. The number of aromatic nitrogens is 2. The first kappa shape index (κ1) is 14.6. The highest BCUT2D eigenvalue weighted by molar-refractivity contribution is 5.94. The molecule has 22 heavy (non-hydrogen) atoms. The van der Waals surface area contributed by atoms with Gasteiger partial charge in [-0.05, 0) is 19.1 Å². The maximum absolute atomic E-state index is 13.3. The van der Waals surface area contributed by atoms with Crippen LogP contribution in [0.4, 0.5) is 8.78 Å². The van der Waals surface area contributed by atoms with Gasteiger partial charge < -0.3 is 14.6 Å². The number of benzene rings is 1. The summed E-state index contributed by atoms with van der Waals surface area (Å²) >= 11 is 0. The Hall–Kier alpha value is -2.28. The third kappa shape index (κ3) is 2.85. The van der Waals surface area contributed by atoms with Crippen LogP contribution in [-0.4, -0.2) is 40.5 Å². The highest BCUT2D eigenvalue weighted by atomic mass is 19.1. The maximum Gasteiger partial charge on any atom is 0.254 e. The van der Waals surface area contributed by atoms with Crippen molar-refractivity contribution in [3.8, 4) is 0 Å². The zero-order valence-electron chi connectivity index (χ0n) is 12.0. The van der Waals surface area contributed by atoms with Crippen molar-refractivity contribution < 1.29 is 18.3 Å². The minimum absolute atomic E-state index is 0.0207. The van der Waals surface area contributed by atoms with E-state index in [1.807, 2.05) is 6.92 Å². The van der Waals surface area contributed by atoms with Crippen molar-refractivity contribution in [1.29, 1.82) is 0 Å². The van der Waals surface area contributed by atoms with Crippen LogP contribution in [0.5, 0.6) is 0 Å². The lowest BCUT2D eigenvalue weighted by atomic mass is 10.1. The molecule has 2 heterocycles. The minimum atomic E-state index is -0.776. The molecule has 116 valence electrons. The lowest BCUT2D eigenvalue weighted by Crippen LogP contribution is -2.44. The Bertz CT molecular complexity index is 682. The Morgan fingerprint density at radius 2 is 2.09 bits per heavy atom. The van der Waals surface area contributed by atoms with Gasteiger partial charge in [0.15, 0.2) is 0 Å². The molecule has 7 heteroatoms. The average Bonchev–Trinajstić information content (AvgIpc) is 2.92. The molecule has 0 bridgehead atoms. The molecule has 2 aromatic rings. The highest BCUT2D eigenvalue weighted by Crippen LogP contribution is 2.24. The molecule has 1 amide bonds. The normalized spacial score (nSPS) is 18.5. The van der Waals surface area contributed by atoms with Gasteiger partial charge in [-0.2, -0.15) is 0 Å².